The Bertz CT molecular complexity index is 326. The van der Waals surface area contributed by atoms with Gasteiger partial charge in [-0.15, -0.1) is 0 Å². The molecule has 0 aliphatic heterocycles. The van der Waals surface area contributed by atoms with Crippen molar-refractivity contribution in [3.05, 3.63) is 12.5 Å². The van der Waals surface area contributed by atoms with E-state index >= 15 is 0 Å². The molecule has 0 bridgehead atoms. The first-order valence-electron chi connectivity index (χ1n) is 5.18. The number of hydrogen-bond donors (Lipinski definition) is 1. The molecule has 0 radical (unpaired) electrons. The van der Waals surface area contributed by atoms with Gasteiger partial charge in [-0.05, 0) is 6.58 Å². The maximum atomic E-state index is 10.9. The van der Waals surface area contributed by atoms with Crippen LogP contribution < -0.4 is 0 Å². The van der Waals surface area contributed by atoms with Crippen LogP contribution in [-0.2, 0) is 43.1 Å². The Kier molecular flexibility index (Phi) is 10.4. The predicted octanol–water partition coefficient (Wildman–Crippen LogP) is -0.803. The zero-order valence-electron chi connectivity index (χ0n) is 10.4. The lowest BCUT2D eigenvalue weighted by molar-refractivity contribution is -0.331. The van der Waals surface area contributed by atoms with Crippen LogP contribution in [0.3, 0.4) is 0 Å². The van der Waals surface area contributed by atoms with Gasteiger partial charge >= 0.3 is 11.9 Å². The van der Waals surface area contributed by atoms with Crippen molar-refractivity contribution >= 4 is 18.4 Å². The van der Waals surface area contributed by atoms with Gasteiger partial charge in [-0.3, -0.25) is 4.79 Å². The fourth-order valence-electron chi connectivity index (χ4n) is 0.703. The zero-order valence-corrected chi connectivity index (χ0v) is 10.4. The summed E-state index contributed by atoms with van der Waals surface area (Å²) >= 11 is 0. The van der Waals surface area contributed by atoms with Crippen molar-refractivity contribution < 1.29 is 48.2 Å². The lowest BCUT2D eigenvalue weighted by atomic mass is 10.7. The smallest absolute Gasteiger partial charge is 0.344 e. The molecule has 0 unspecified atom stereocenters. The number of aliphatic carboxylic acids is 1. The summed E-state index contributed by atoms with van der Waals surface area (Å²) in [4.78, 5) is 39.6. The van der Waals surface area contributed by atoms with Gasteiger partial charge in [0.15, 0.2) is 13.2 Å². The molecule has 1 N–H and O–H groups in total. The molecule has 0 aromatic rings. The second kappa shape index (κ2) is 11.7. The van der Waals surface area contributed by atoms with Crippen molar-refractivity contribution in [3.8, 4) is 0 Å². The normalized spacial score (nSPS) is 9.40. The highest BCUT2D eigenvalue weighted by atomic mass is 17.2. The average molecular weight is 294 g/mol. The molecule has 0 atom stereocenters. The van der Waals surface area contributed by atoms with Crippen LogP contribution in [0.4, 0.5) is 0 Å². The predicted molar refractivity (Wildman–Crippen MR) is 58.7 cm³/mol. The van der Waals surface area contributed by atoms with Crippen LogP contribution in [-0.4, -0.2) is 56.7 Å². The van der Waals surface area contributed by atoms with Crippen LogP contribution in [0.1, 0.15) is 0 Å². The van der Waals surface area contributed by atoms with E-state index < -0.39 is 25.2 Å². The van der Waals surface area contributed by atoms with E-state index in [1.807, 2.05) is 0 Å². The molecule has 114 valence electrons. The van der Waals surface area contributed by atoms with E-state index in [2.05, 4.69) is 25.8 Å². The van der Waals surface area contributed by atoms with Gasteiger partial charge in [0.25, 0.3) is 12.4 Å². The molecule has 0 aliphatic carbocycles. The second-order valence-corrected chi connectivity index (χ2v) is 2.88. The summed E-state index contributed by atoms with van der Waals surface area (Å²) in [5.74, 6) is -2.32. The number of carboxylic acids is 1. The van der Waals surface area contributed by atoms with Crippen LogP contribution in [0.25, 0.3) is 0 Å². The van der Waals surface area contributed by atoms with Gasteiger partial charge in [0.1, 0.15) is 13.2 Å². The van der Waals surface area contributed by atoms with Crippen LogP contribution in [0.15, 0.2) is 12.5 Å². The largest absolute Gasteiger partial charge is 0.479 e. The number of ether oxygens (including phenoxy) is 4. The molecule has 0 rings (SSSR count). The highest BCUT2D eigenvalue weighted by molar-refractivity contribution is 5.75. The quantitative estimate of drug-likeness (QED) is 0.0876. The molecule has 0 amide bonds. The van der Waals surface area contributed by atoms with E-state index in [9.17, 15) is 14.4 Å². The fourth-order valence-corrected chi connectivity index (χ4v) is 0.703. The van der Waals surface area contributed by atoms with Crippen molar-refractivity contribution in [2.45, 2.75) is 0 Å². The van der Waals surface area contributed by atoms with E-state index in [1.165, 1.54) is 0 Å². The summed E-state index contributed by atoms with van der Waals surface area (Å²) in [5, 5.41) is 8.25. The van der Waals surface area contributed by atoms with Crippen LogP contribution in [0, 0.1) is 0 Å². The van der Waals surface area contributed by atoms with E-state index in [0.29, 0.717) is 0 Å². The van der Waals surface area contributed by atoms with Crippen molar-refractivity contribution in [2.75, 3.05) is 33.2 Å². The molecule has 0 saturated heterocycles. The molecular weight excluding hydrogens is 280 g/mol. The number of rotatable bonds is 13. The highest BCUT2D eigenvalue weighted by Crippen LogP contribution is 1.97. The lowest BCUT2D eigenvalue weighted by Gasteiger charge is -2.09. The van der Waals surface area contributed by atoms with E-state index in [0.717, 1.165) is 0 Å². The van der Waals surface area contributed by atoms with Gasteiger partial charge in [0.2, 0.25) is 6.79 Å². The summed E-state index contributed by atoms with van der Waals surface area (Å²) in [6.07, 6.45) is 0. The monoisotopic (exact) mass is 294 g/mol. The number of carbonyl (C=O) groups excluding carboxylic acids is 2. The van der Waals surface area contributed by atoms with Crippen molar-refractivity contribution in [2.24, 2.45) is 0 Å². The van der Waals surface area contributed by atoms with Crippen molar-refractivity contribution in [1.82, 2.24) is 0 Å². The van der Waals surface area contributed by atoms with Crippen LogP contribution >= 0.6 is 0 Å². The third-order valence-electron chi connectivity index (χ3n) is 1.40. The van der Waals surface area contributed by atoms with Gasteiger partial charge in [0, 0.05) is 0 Å². The van der Waals surface area contributed by atoms with E-state index in [4.69, 9.17) is 14.6 Å². The standard InChI is InChI=1S/C10H14O10/c1-8(16-2-3-19-20-7-15-6-11)17-5-10(14)18-4-9(12)13/h6H,1-5,7H2,(H,12,13). The molecule has 10 nitrogen and oxygen atoms in total. The fraction of sp³-hybridized carbons (Fsp3) is 0.500. The first kappa shape index (κ1) is 17.7. The molecule has 0 aromatic carbocycles. The second-order valence-electron chi connectivity index (χ2n) is 2.88. The first-order valence-corrected chi connectivity index (χ1v) is 5.18. The Morgan fingerprint density at radius 1 is 1.05 bits per heavy atom. The van der Waals surface area contributed by atoms with Gasteiger partial charge in [-0.2, -0.15) is 4.89 Å². The minimum Gasteiger partial charge on any atom is -0.479 e. The molecule has 0 heterocycles. The van der Waals surface area contributed by atoms with E-state index in [-0.39, 0.29) is 32.4 Å². The Labute approximate surface area is 113 Å². The average Bonchev–Trinajstić information content (AvgIpc) is 2.41. The third kappa shape index (κ3) is 12.1. The third-order valence-corrected chi connectivity index (χ3v) is 1.40. The van der Waals surface area contributed by atoms with Crippen molar-refractivity contribution in [1.29, 1.82) is 0 Å². The van der Waals surface area contributed by atoms with Gasteiger partial charge in [-0.25, -0.2) is 14.5 Å². The first-order chi connectivity index (χ1) is 9.56. The lowest BCUT2D eigenvalue weighted by Crippen LogP contribution is -2.18. The number of carboxylic acid groups (broad SMARTS) is 1. The summed E-state index contributed by atoms with van der Waals surface area (Å²) in [6.45, 7) is 1.90. The summed E-state index contributed by atoms with van der Waals surface area (Å²) in [5.41, 5.74) is 0. The van der Waals surface area contributed by atoms with Crippen molar-refractivity contribution in [3.63, 3.8) is 0 Å². The zero-order chi connectivity index (χ0) is 15.2. The maximum absolute atomic E-state index is 10.9. The Hall–Kier alpha value is -2.33. The molecule has 0 aromatic heterocycles. The number of hydrogen-bond acceptors (Lipinski definition) is 9. The molecular formula is C10H14O10. The van der Waals surface area contributed by atoms with E-state index in [1.54, 1.807) is 0 Å². The minimum atomic E-state index is -1.27. The topological polar surface area (TPSA) is 127 Å². The molecule has 20 heavy (non-hydrogen) atoms. The molecule has 0 aliphatic rings. The van der Waals surface area contributed by atoms with Gasteiger partial charge in [0.05, 0.1) is 0 Å². The SMILES string of the molecule is C=C(OCCOOCOC=O)OCC(=O)OCC(=O)O. The van der Waals surface area contributed by atoms with Crippen LogP contribution in [0.2, 0.25) is 0 Å². The minimum absolute atomic E-state index is 0.00406. The molecule has 0 spiro atoms. The number of carbonyl (C=O) groups is 3. The molecule has 10 heteroatoms. The summed E-state index contributed by atoms with van der Waals surface area (Å²) in [6, 6.07) is 0. The van der Waals surface area contributed by atoms with Gasteiger partial charge in [-0.1, -0.05) is 0 Å². The van der Waals surface area contributed by atoms with Gasteiger partial charge < -0.3 is 24.1 Å². The maximum Gasteiger partial charge on any atom is 0.344 e. The summed E-state index contributed by atoms with van der Waals surface area (Å²) in [7, 11) is 0. The molecule has 0 saturated carbocycles. The summed E-state index contributed by atoms with van der Waals surface area (Å²) < 4.78 is 18.0. The Morgan fingerprint density at radius 3 is 2.45 bits per heavy atom. The highest BCUT2D eigenvalue weighted by Gasteiger charge is 2.07. The Balaban J connectivity index is 3.42. The number of esters is 1. The Morgan fingerprint density at radius 2 is 1.80 bits per heavy atom. The molecule has 0 fully saturated rings. The van der Waals surface area contributed by atoms with Crippen LogP contribution in [0.5, 0.6) is 0 Å².